The lowest BCUT2D eigenvalue weighted by molar-refractivity contribution is -0.118. The van der Waals surface area contributed by atoms with Crippen molar-refractivity contribution in [3.05, 3.63) is 54.1 Å². The molecule has 0 spiro atoms. The molecule has 0 bridgehead atoms. The molecular weight excluding hydrogens is 396 g/mol. The van der Waals surface area contributed by atoms with Crippen molar-refractivity contribution in [1.82, 2.24) is 10.2 Å². The Morgan fingerprint density at radius 2 is 1.90 bits per heavy atom. The number of alkyl carbamates (subject to hydrolysis) is 1. The highest BCUT2D eigenvalue weighted by molar-refractivity contribution is 5.97. The normalized spacial score (nSPS) is 17.2. The Morgan fingerprint density at radius 1 is 1.13 bits per heavy atom. The molecule has 2 aliphatic rings. The van der Waals surface area contributed by atoms with E-state index in [1.165, 1.54) is 0 Å². The van der Waals surface area contributed by atoms with Crippen LogP contribution < -0.4 is 20.3 Å². The van der Waals surface area contributed by atoms with Gasteiger partial charge in [0.2, 0.25) is 0 Å². The minimum Gasteiger partial charge on any atom is -0.479 e. The smallest absolute Gasteiger partial charge is 0.407 e. The van der Waals surface area contributed by atoms with E-state index in [-0.39, 0.29) is 25.2 Å². The number of fused-ring (bicyclic) bond motifs is 1. The molecule has 0 radical (unpaired) electrons. The fourth-order valence-electron chi connectivity index (χ4n) is 3.92. The van der Waals surface area contributed by atoms with Gasteiger partial charge in [-0.1, -0.05) is 36.4 Å². The second-order valence-corrected chi connectivity index (χ2v) is 7.89. The van der Waals surface area contributed by atoms with Crippen LogP contribution >= 0.6 is 0 Å². The van der Waals surface area contributed by atoms with Crippen molar-refractivity contribution in [2.45, 2.75) is 19.6 Å². The average molecular weight is 425 g/mol. The first-order chi connectivity index (χ1) is 15.1. The number of amides is 2. The third-order valence-corrected chi connectivity index (χ3v) is 5.44. The fourth-order valence-corrected chi connectivity index (χ4v) is 3.92. The number of carbonyl (C=O) groups is 2. The Kier molecular flexibility index (Phi) is 6.57. The highest BCUT2D eigenvalue weighted by Gasteiger charge is 2.25. The SMILES string of the molecule is CC(CN1CCN(c2cccc3c2OCC(=O)N3)CC1)NC(=O)OCc1ccccc1. The van der Waals surface area contributed by atoms with Gasteiger partial charge in [-0.25, -0.2) is 4.79 Å². The molecule has 2 heterocycles. The van der Waals surface area contributed by atoms with E-state index in [1.807, 2.05) is 55.5 Å². The van der Waals surface area contributed by atoms with Crippen LogP contribution in [-0.4, -0.2) is 62.3 Å². The molecule has 31 heavy (non-hydrogen) atoms. The monoisotopic (exact) mass is 424 g/mol. The largest absolute Gasteiger partial charge is 0.479 e. The molecule has 0 saturated carbocycles. The van der Waals surface area contributed by atoms with Gasteiger partial charge in [-0.3, -0.25) is 9.69 Å². The van der Waals surface area contributed by atoms with Crippen molar-refractivity contribution in [1.29, 1.82) is 0 Å². The third-order valence-electron chi connectivity index (χ3n) is 5.44. The van der Waals surface area contributed by atoms with Crippen LogP contribution in [0.1, 0.15) is 12.5 Å². The Hall–Kier alpha value is -3.26. The number of anilines is 2. The minimum atomic E-state index is -0.398. The maximum atomic E-state index is 12.1. The van der Waals surface area contributed by atoms with Crippen LogP contribution in [0.3, 0.4) is 0 Å². The van der Waals surface area contributed by atoms with E-state index >= 15 is 0 Å². The van der Waals surface area contributed by atoms with Crippen LogP contribution in [0.5, 0.6) is 5.75 Å². The molecule has 1 saturated heterocycles. The molecular formula is C23H28N4O4. The summed E-state index contributed by atoms with van der Waals surface area (Å²) in [7, 11) is 0. The van der Waals surface area contributed by atoms with E-state index in [0.717, 1.165) is 55.4 Å². The minimum absolute atomic E-state index is 0.0159. The number of nitrogens with zero attached hydrogens (tertiary/aromatic N) is 2. The summed E-state index contributed by atoms with van der Waals surface area (Å²) in [6.45, 7) is 6.50. The summed E-state index contributed by atoms with van der Waals surface area (Å²) < 4.78 is 11.0. The van der Waals surface area contributed by atoms with Gasteiger partial charge in [0.1, 0.15) is 6.61 Å². The van der Waals surface area contributed by atoms with E-state index in [1.54, 1.807) is 0 Å². The molecule has 2 amide bonds. The van der Waals surface area contributed by atoms with Crippen LogP contribution in [0.25, 0.3) is 0 Å². The van der Waals surface area contributed by atoms with E-state index in [9.17, 15) is 9.59 Å². The summed E-state index contributed by atoms with van der Waals surface area (Å²) in [5.41, 5.74) is 2.70. The Balaban J connectivity index is 1.23. The van der Waals surface area contributed by atoms with E-state index in [2.05, 4.69) is 20.4 Å². The maximum Gasteiger partial charge on any atom is 0.407 e. The summed E-state index contributed by atoms with van der Waals surface area (Å²) in [6.07, 6.45) is -0.398. The van der Waals surface area contributed by atoms with Gasteiger partial charge in [-0.15, -0.1) is 0 Å². The topological polar surface area (TPSA) is 83.1 Å². The Morgan fingerprint density at radius 3 is 2.68 bits per heavy atom. The van der Waals surface area contributed by atoms with Gasteiger partial charge < -0.3 is 25.0 Å². The standard InChI is InChI=1S/C23H28N4O4/c1-17(24-23(29)31-15-18-6-3-2-4-7-18)14-26-10-12-27(13-11-26)20-9-5-8-19-22(20)30-16-21(28)25-19/h2-9,17H,10-16H2,1H3,(H,24,29)(H,25,28). The van der Waals surface area contributed by atoms with Crippen LogP contribution in [-0.2, 0) is 16.1 Å². The predicted molar refractivity (Wildman–Crippen MR) is 118 cm³/mol. The van der Waals surface area contributed by atoms with E-state index in [4.69, 9.17) is 9.47 Å². The lowest BCUT2D eigenvalue weighted by atomic mass is 10.1. The first-order valence-corrected chi connectivity index (χ1v) is 10.6. The van der Waals surface area contributed by atoms with Crippen molar-refractivity contribution in [2.24, 2.45) is 0 Å². The summed E-state index contributed by atoms with van der Waals surface area (Å²) in [5, 5.41) is 5.77. The molecule has 1 fully saturated rings. The van der Waals surface area contributed by atoms with Gasteiger partial charge in [-0.2, -0.15) is 0 Å². The molecule has 2 aromatic rings. The molecule has 2 N–H and O–H groups in total. The molecule has 1 unspecified atom stereocenters. The van der Waals surface area contributed by atoms with Gasteiger partial charge in [0.15, 0.2) is 12.4 Å². The first kappa shape index (κ1) is 21.0. The quantitative estimate of drug-likeness (QED) is 0.741. The molecule has 8 nitrogen and oxygen atoms in total. The number of rotatable bonds is 6. The molecule has 1 atom stereocenters. The number of piperazine rings is 1. The zero-order valence-corrected chi connectivity index (χ0v) is 17.7. The maximum absolute atomic E-state index is 12.1. The lowest BCUT2D eigenvalue weighted by Gasteiger charge is -2.38. The van der Waals surface area contributed by atoms with Crippen molar-refractivity contribution < 1.29 is 19.1 Å². The summed E-state index contributed by atoms with van der Waals surface area (Å²) in [5.74, 6) is 0.616. The van der Waals surface area contributed by atoms with Crippen LogP contribution in [0.15, 0.2) is 48.5 Å². The van der Waals surface area contributed by atoms with Gasteiger partial charge in [0.05, 0.1) is 11.4 Å². The highest BCUT2D eigenvalue weighted by Crippen LogP contribution is 2.38. The van der Waals surface area contributed by atoms with E-state index in [0.29, 0.717) is 0 Å². The number of ether oxygens (including phenoxy) is 2. The van der Waals surface area contributed by atoms with Crippen LogP contribution in [0, 0.1) is 0 Å². The molecule has 2 aliphatic heterocycles. The van der Waals surface area contributed by atoms with Crippen molar-refractivity contribution >= 4 is 23.4 Å². The molecule has 8 heteroatoms. The highest BCUT2D eigenvalue weighted by atomic mass is 16.5. The van der Waals surface area contributed by atoms with Gasteiger partial charge >= 0.3 is 6.09 Å². The predicted octanol–water partition coefficient (Wildman–Crippen LogP) is 2.45. The summed E-state index contributed by atoms with van der Waals surface area (Å²) in [4.78, 5) is 28.2. The molecule has 4 rings (SSSR count). The van der Waals surface area contributed by atoms with Crippen molar-refractivity contribution in [3.8, 4) is 5.75 Å². The van der Waals surface area contributed by atoms with Crippen molar-refractivity contribution in [2.75, 3.05) is 49.5 Å². The van der Waals surface area contributed by atoms with Gasteiger partial charge in [0.25, 0.3) is 5.91 Å². The summed E-state index contributed by atoms with van der Waals surface area (Å²) >= 11 is 0. The van der Waals surface area contributed by atoms with Gasteiger partial charge in [-0.05, 0) is 24.6 Å². The first-order valence-electron chi connectivity index (χ1n) is 10.6. The number of hydrogen-bond donors (Lipinski definition) is 2. The zero-order valence-electron chi connectivity index (χ0n) is 17.7. The average Bonchev–Trinajstić information content (AvgIpc) is 2.78. The zero-order chi connectivity index (χ0) is 21.6. The van der Waals surface area contributed by atoms with Gasteiger partial charge in [0, 0.05) is 38.8 Å². The van der Waals surface area contributed by atoms with Crippen molar-refractivity contribution in [3.63, 3.8) is 0 Å². The molecule has 0 aliphatic carbocycles. The molecule has 2 aromatic carbocycles. The number of carbonyl (C=O) groups excluding carboxylic acids is 2. The second-order valence-electron chi connectivity index (χ2n) is 7.89. The molecule has 0 aromatic heterocycles. The third kappa shape index (κ3) is 5.46. The number of para-hydroxylation sites is 1. The lowest BCUT2D eigenvalue weighted by Crippen LogP contribution is -2.51. The Labute approximate surface area is 182 Å². The molecule has 164 valence electrons. The fraction of sp³-hybridized carbons (Fsp3) is 0.391. The second kappa shape index (κ2) is 9.70. The van der Waals surface area contributed by atoms with Crippen LogP contribution in [0.2, 0.25) is 0 Å². The summed E-state index contributed by atoms with van der Waals surface area (Å²) in [6, 6.07) is 15.4. The number of nitrogens with one attached hydrogen (secondary N) is 2. The van der Waals surface area contributed by atoms with E-state index < -0.39 is 6.09 Å². The number of benzene rings is 2. The Bertz CT molecular complexity index is 913. The number of hydrogen-bond acceptors (Lipinski definition) is 6. The van der Waals surface area contributed by atoms with Crippen LogP contribution in [0.4, 0.5) is 16.2 Å².